The Hall–Kier alpha value is -3.54. The summed E-state index contributed by atoms with van der Waals surface area (Å²) >= 11 is 0. The van der Waals surface area contributed by atoms with Crippen molar-refractivity contribution >= 4 is 17.9 Å². The standard InChI is InChI=1S/C22H19NO5/c1-3-26-17-7-4-15(5-8-17)21-23-19(22(24)28-21)11-14-10-16-6-9-18(25-2)12-20(16)27-13-14/h4-12H,3,13H2,1-2H3/b19-11+. The van der Waals surface area contributed by atoms with Crippen molar-refractivity contribution in [3.8, 4) is 17.2 Å². The van der Waals surface area contributed by atoms with Crippen LogP contribution < -0.4 is 14.2 Å². The molecule has 2 aliphatic heterocycles. The van der Waals surface area contributed by atoms with Crippen LogP contribution in [0.1, 0.15) is 18.1 Å². The third kappa shape index (κ3) is 3.62. The van der Waals surface area contributed by atoms with Crippen molar-refractivity contribution in [2.45, 2.75) is 6.92 Å². The van der Waals surface area contributed by atoms with Crippen LogP contribution in [0.3, 0.4) is 0 Å². The van der Waals surface area contributed by atoms with E-state index in [0.717, 1.165) is 28.4 Å². The number of carbonyl (C=O) groups is 1. The van der Waals surface area contributed by atoms with Crippen LogP contribution in [0.25, 0.3) is 6.08 Å². The molecule has 28 heavy (non-hydrogen) atoms. The molecule has 0 aromatic heterocycles. The van der Waals surface area contributed by atoms with Crippen LogP contribution in [0.4, 0.5) is 0 Å². The fraction of sp³-hybridized carbons (Fsp3) is 0.182. The Morgan fingerprint density at radius 2 is 1.93 bits per heavy atom. The normalized spacial score (nSPS) is 16.6. The molecule has 0 saturated carbocycles. The summed E-state index contributed by atoms with van der Waals surface area (Å²) in [4.78, 5) is 16.6. The van der Waals surface area contributed by atoms with Gasteiger partial charge in [-0.1, -0.05) is 0 Å². The molecule has 2 heterocycles. The molecule has 2 aliphatic rings. The zero-order chi connectivity index (χ0) is 19.5. The molecule has 0 bridgehead atoms. The maximum Gasteiger partial charge on any atom is 0.363 e. The second-order valence-electron chi connectivity index (χ2n) is 6.21. The number of hydrogen-bond donors (Lipinski definition) is 0. The lowest BCUT2D eigenvalue weighted by molar-refractivity contribution is -0.130. The minimum absolute atomic E-state index is 0.246. The molecule has 4 rings (SSSR count). The van der Waals surface area contributed by atoms with E-state index in [9.17, 15) is 4.79 Å². The smallest absolute Gasteiger partial charge is 0.363 e. The van der Waals surface area contributed by atoms with Crippen LogP contribution in [-0.4, -0.2) is 32.2 Å². The third-order valence-corrected chi connectivity index (χ3v) is 4.31. The summed E-state index contributed by atoms with van der Waals surface area (Å²) in [5.74, 6) is 2.03. The van der Waals surface area contributed by atoms with E-state index in [4.69, 9.17) is 18.9 Å². The van der Waals surface area contributed by atoms with Crippen molar-refractivity contribution < 1.29 is 23.7 Å². The average molecular weight is 377 g/mol. The van der Waals surface area contributed by atoms with Gasteiger partial charge in [-0.05, 0) is 61.0 Å². The van der Waals surface area contributed by atoms with Gasteiger partial charge in [-0.3, -0.25) is 0 Å². The highest BCUT2D eigenvalue weighted by molar-refractivity contribution is 6.11. The maximum absolute atomic E-state index is 12.2. The Morgan fingerprint density at radius 1 is 1.14 bits per heavy atom. The van der Waals surface area contributed by atoms with Crippen molar-refractivity contribution in [2.24, 2.45) is 4.99 Å². The minimum Gasteiger partial charge on any atom is -0.497 e. The van der Waals surface area contributed by atoms with Crippen LogP contribution in [0.15, 0.2) is 64.8 Å². The average Bonchev–Trinajstić information content (AvgIpc) is 3.08. The van der Waals surface area contributed by atoms with Crippen LogP contribution in [0.5, 0.6) is 17.2 Å². The highest BCUT2D eigenvalue weighted by Crippen LogP contribution is 2.31. The fourth-order valence-electron chi connectivity index (χ4n) is 2.94. The van der Waals surface area contributed by atoms with Crippen LogP contribution >= 0.6 is 0 Å². The number of methoxy groups -OCH3 is 1. The number of fused-ring (bicyclic) bond motifs is 1. The summed E-state index contributed by atoms with van der Waals surface area (Å²) in [6.45, 7) is 2.85. The molecule has 0 saturated heterocycles. The molecule has 142 valence electrons. The summed E-state index contributed by atoms with van der Waals surface area (Å²) in [6.07, 6.45) is 3.65. The predicted molar refractivity (Wildman–Crippen MR) is 105 cm³/mol. The lowest BCUT2D eigenvalue weighted by Crippen LogP contribution is -2.08. The zero-order valence-corrected chi connectivity index (χ0v) is 15.6. The van der Waals surface area contributed by atoms with Crippen molar-refractivity contribution in [1.82, 2.24) is 0 Å². The second-order valence-corrected chi connectivity index (χ2v) is 6.21. The molecule has 0 fully saturated rings. The number of carbonyl (C=O) groups excluding carboxylic acids is 1. The summed E-state index contributed by atoms with van der Waals surface area (Å²) in [6, 6.07) is 12.9. The second kappa shape index (κ2) is 7.60. The summed E-state index contributed by atoms with van der Waals surface area (Å²) < 4.78 is 21.7. The Morgan fingerprint density at radius 3 is 2.68 bits per heavy atom. The Bertz CT molecular complexity index is 1000. The number of aliphatic imine (C=N–C) groups is 1. The molecule has 0 spiro atoms. The van der Waals surface area contributed by atoms with E-state index in [0.29, 0.717) is 18.8 Å². The van der Waals surface area contributed by atoms with Gasteiger partial charge in [0.1, 0.15) is 23.9 Å². The number of esters is 1. The van der Waals surface area contributed by atoms with Gasteiger partial charge < -0.3 is 18.9 Å². The van der Waals surface area contributed by atoms with E-state index in [1.54, 1.807) is 13.2 Å². The number of benzene rings is 2. The number of nitrogens with zero attached hydrogens (tertiary/aromatic N) is 1. The molecule has 2 aromatic carbocycles. The topological polar surface area (TPSA) is 66.3 Å². The first-order chi connectivity index (χ1) is 13.7. The molecule has 0 atom stereocenters. The number of rotatable bonds is 5. The van der Waals surface area contributed by atoms with Crippen molar-refractivity contribution in [3.05, 3.63) is 70.9 Å². The van der Waals surface area contributed by atoms with E-state index in [1.807, 2.05) is 55.5 Å². The van der Waals surface area contributed by atoms with Crippen LogP contribution in [0, 0.1) is 0 Å². The van der Waals surface area contributed by atoms with Gasteiger partial charge in [0.2, 0.25) is 5.90 Å². The Balaban J connectivity index is 1.57. The molecule has 0 radical (unpaired) electrons. The molecule has 0 amide bonds. The monoisotopic (exact) mass is 377 g/mol. The van der Waals surface area contributed by atoms with Gasteiger partial charge in [0.25, 0.3) is 0 Å². The van der Waals surface area contributed by atoms with E-state index < -0.39 is 5.97 Å². The fourth-order valence-corrected chi connectivity index (χ4v) is 2.94. The predicted octanol–water partition coefficient (Wildman–Crippen LogP) is 3.76. The van der Waals surface area contributed by atoms with E-state index in [1.165, 1.54) is 0 Å². The first kappa shape index (κ1) is 17.9. The third-order valence-electron chi connectivity index (χ3n) is 4.31. The van der Waals surface area contributed by atoms with Crippen molar-refractivity contribution in [2.75, 3.05) is 20.3 Å². The first-order valence-corrected chi connectivity index (χ1v) is 8.93. The maximum atomic E-state index is 12.2. The molecule has 6 heteroatoms. The van der Waals surface area contributed by atoms with Crippen LogP contribution in [0.2, 0.25) is 0 Å². The summed E-state index contributed by atoms with van der Waals surface area (Å²) in [7, 11) is 1.61. The van der Waals surface area contributed by atoms with Gasteiger partial charge in [0.05, 0.1) is 13.7 Å². The summed E-state index contributed by atoms with van der Waals surface area (Å²) in [5, 5.41) is 0. The highest BCUT2D eigenvalue weighted by atomic mass is 16.6. The Labute approximate surface area is 162 Å². The van der Waals surface area contributed by atoms with Crippen molar-refractivity contribution in [3.63, 3.8) is 0 Å². The SMILES string of the molecule is CCOc1ccc(C2=N/C(=C/C3=Cc4ccc(OC)cc4OC3)C(=O)O2)cc1. The van der Waals surface area contributed by atoms with E-state index in [-0.39, 0.29) is 11.6 Å². The number of ether oxygens (including phenoxy) is 4. The van der Waals surface area contributed by atoms with Crippen LogP contribution in [-0.2, 0) is 9.53 Å². The molecular weight excluding hydrogens is 358 g/mol. The van der Waals surface area contributed by atoms with Gasteiger partial charge in [-0.15, -0.1) is 0 Å². The minimum atomic E-state index is -0.481. The van der Waals surface area contributed by atoms with Gasteiger partial charge >= 0.3 is 5.97 Å². The molecule has 0 aliphatic carbocycles. The number of cyclic esters (lactones) is 1. The molecule has 2 aromatic rings. The highest BCUT2D eigenvalue weighted by Gasteiger charge is 2.25. The zero-order valence-electron chi connectivity index (χ0n) is 15.6. The van der Waals surface area contributed by atoms with E-state index >= 15 is 0 Å². The lowest BCUT2D eigenvalue weighted by Gasteiger charge is -2.16. The van der Waals surface area contributed by atoms with E-state index in [2.05, 4.69) is 4.99 Å². The molecule has 0 unspecified atom stereocenters. The first-order valence-electron chi connectivity index (χ1n) is 8.93. The summed E-state index contributed by atoms with van der Waals surface area (Å²) in [5.41, 5.74) is 2.71. The van der Waals surface area contributed by atoms with Crippen molar-refractivity contribution in [1.29, 1.82) is 0 Å². The number of hydrogen-bond acceptors (Lipinski definition) is 6. The molecule has 0 N–H and O–H groups in total. The van der Waals surface area contributed by atoms with Gasteiger partial charge in [0.15, 0.2) is 5.70 Å². The Kier molecular flexibility index (Phi) is 4.85. The quantitative estimate of drug-likeness (QED) is 0.586. The van der Waals surface area contributed by atoms with Gasteiger partial charge in [-0.25, -0.2) is 9.79 Å². The largest absolute Gasteiger partial charge is 0.497 e. The van der Waals surface area contributed by atoms with Gasteiger partial charge in [0, 0.05) is 17.2 Å². The van der Waals surface area contributed by atoms with Gasteiger partial charge in [-0.2, -0.15) is 0 Å². The molecular formula is C22H19NO5. The molecule has 6 nitrogen and oxygen atoms in total. The lowest BCUT2D eigenvalue weighted by atomic mass is 10.1.